The highest BCUT2D eigenvalue weighted by Gasteiger charge is 2.06. The average molecular weight is 205 g/mol. The Morgan fingerprint density at radius 3 is 2.87 bits per heavy atom. The summed E-state index contributed by atoms with van der Waals surface area (Å²) in [4.78, 5) is 9.74. The summed E-state index contributed by atoms with van der Waals surface area (Å²) >= 11 is 0. The van der Waals surface area contributed by atoms with E-state index in [-0.39, 0.29) is 0 Å². The van der Waals surface area contributed by atoms with Gasteiger partial charge in [0.05, 0.1) is 18.1 Å². The van der Waals surface area contributed by atoms with Crippen LogP contribution < -0.4 is 4.74 Å². The van der Waals surface area contributed by atoms with E-state index in [1.165, 1.54) is 5.56 Å². The summed E-state index contributed by atoms with van der Waals surface area (Å²) in [6.07, 6.45) is 2.00. The van der Waals surface area contributed by atoms with Crippen LogP contribution in [0, 0.1) is 0 Å². The first-order valence-electron chi connectivity index (χ1n) is 4.86. The fraction of sp³-hybridized carbons (Fsp3) is 0.364. The summed E-state index contributed by atoms with van der Waals surface area (Å²) in [5, 5.41) is 0. The van der Waals surface area contributed by atoms with Gasteiger partial charge in [0.25, 0.3) is 0 Å². The molecule has 0 unspecified atom stereocenters. The van der Waals surface area contributed by atoms with Crippen molar-refractivity contribution in [2.45, 2.75) is 6.54 Å². The molecular weight excluding hydrogens is 190 g/mol. The Kier molecular flexibility index (Phi) is 2.60. The smallest absolute Gasteiger partial charge is 0.213 e. The number of H-pyrrole nitrogens is 1. The Balaban J connectivity index is 2.46. The first-order chi connectivity index (χ1) is 7.20. The fourth-order valence-electron chi connectivity index (χ4n) is 1.61. The number of ether oxygens (including phenoxy) is 1. The molecule has 0 aliphatic rings. The van der Waals surface area contributed by atoms with Crippen LogP contribution in [0.1, 0.15) is 5.56 Å². The highest BCUT2D eigenvalue weighted by atomic mass is 16.5. The highest BCUT2D eigenvalue weighted by Crippen LogP contribution is 2.20. The van der Waals surface area contributed by atoms with Gasteiger partial charge >= 0.3 is 0 Å². The highest BCUT2D eigenvalue weighted by molar-refractivity contribution is 5.79. The van der Waals surface area contributed by atoms with Gasteiger partial charge in [-0.05, 0) is 20.2 Å². The lowest BCUT2D eigenvalue weighted by Gasteiger charge is -2.07. The molecule has 0 spiro atoms. The Labute approximate surface area is 88.9 Å². The van der Waals surface area contributed by atoms with E-state index in [9.17, 15) is 0 Å². The van der Waals surface area contributed by atoms with Gasteiger partial charge in [0.2, 0.25) is 5.88 Å². The quantitative estimate of drug-likeness (QED) is 0.828. The lowest BCUT2D eigenvalue weighted by Crippen LogP contribution is -2.10. The number of methoxy groups -OCH3 is 1. The molecule has 0 amide bonds. The standard InChI is InChI=1S/C11H15N3O/c1-14(2)7-8-6-12-9-4-5-10(15-3)13-11(8)9/h4-6,12H,7H2,1-3H3. The van der Waals surface area contributed by atoms with E-state index in [2.05, 4.69) is 14.9 Å². The third-order valence-electron chi connectivity index (χ3n) is 2.27. The molecule has 2 aromatic heterocycles. The fourth-order valence-corrected chi connectivity index (χ4v) is 1.61. The summed E-state index contributed by atoms with van der Waals surface area (Å²) in [7, 11) is 5.71. The van der Waals surface area contributed by atoms with Crippen molar-refractivity contribution in [2.24, 2.45) is 0 Å². The molecule has 0 radical (unpaired) electrons. The maximum atomic E-state index is 5.11. The summed E-state index contributed by atoms with van der Waals surface area (Å²) < 4.78 is 5.11. The number of rotatable bonds is 3. The molecule has 0 fully saturated rings. The van der Waals surface area contributed by atoms with Crippen LogP contribution in [0.25, 0.3) is 11.0 Å². The zero-order valence-corrected chi connectivity index (χ0v) is 9.24. The lowest BCUT2D eigenvalue weighted by atomic mass is 10.2. The number of nitrogens with zero attached hydrogens (tertiary/aromatic N) is 2. The maximum absolute atomic E-state index is 5.11. The van der Waals surface area contributed by atoms with Gasteiger partial charge in [-0.15, -0.1) is 0 Å². The van der Waals surface area contributed by atoms with E-state index in [1.54, 1.807) is 7.11 Å². The van der Waals surface area contributed by atoms with E-state index >= 15 is 0 Å². The summed E-state index contributed by atoms with van der Waals surface area (Å²) in [6, 6.07) is 3.85. The van der Waals surface area contributed by atoms with Crippen LogP contribution in [0.5, 0.6) is 5.88 Å². The number of hydrogen-bond acceptors (Lipinski definition) is 3. The van der Waals surface area contributed by atoms with Crippen LogP contribution >= 0.6 is 0 Å². The van der Waals surface area contributed by atoms with E-state index in [4.69, 9.17) is 4.74 Å². The van der Waals surface area contributed by atoms with E-state index in [1.807, 2.05) is 32.4 Å². The molecule has 0 aliphatic carbocycles. The number of nitrogens with one attached hydrogen (secondary N) is 1. The molecule has 1 N–H and O–H groups in total. The van der Waals surface area contributed by atoms with Crippen molar-refractivity contribution in [3.05, 3.63) is 23.9 Å². The molecule has 0 saturated heterocycles. The number of pyridine rings is 1. The second-order valence-electron chi connectivity index (χ2n) is 3.80. The van der Waals surface area contributed by atoms with E-state index in [0.29, 0.717) is 5.88 Å². The molecule has 2 aromatic rings. The minimum atomic E-state index is 0.655. The number of hydrogen-bond donors (Lipinski definition) is 1. The second kappa shape index (κ2) is 3.90. The summed E-state index contributed by atoms with van der Waals surface area (Å²) in [5.74, 6) is 0.655. The van der Waals surface area contributed by atoms with Gasteiger partial charge in [-0.2, -0.15) is 0 Å². The zero-order valence-electron chi connectivity index (χ0n) is 9.24. The molecule has 0 bridgehead atoms. The Bertz CT molecular complexity index is 462. The molecule has 0 saturated carbocycles. The molecule has 4 nitrogen and oxygen atoms in total. The first kappa shape index (κ1) is 9.98. The third-order valence-corrected chi connectivity index (χ3v) is 2.27. The SMILES string of the molecule is COc1ccc2[nH]cc(CN(C)C)c2n1. The van der Waals surface area contributed by atoms with Crippen molar-refractivity contribution < 1.29 is 4.74 Å². The van der Waals surface area contributed by atoms with Gasteiger partial charge < -0.3 is 14.6 Å². The van der Waals surface area contributed by atoms with Crippen molar-refractivity contribution in [3.8, 4) is 5.88 Å². The average Bonchev–Trinajstić information content (AvgIpc) is 2.60. The second-order valence-corrected chi connectivity index (χ2v) is 3.80. The minimum absolute atomic E-state index is 0.655. The van der Waals surface area contributed by atoms with Crippen molar-refractivity contribution in [3.63, 3.8) is 0 Å². The molecule has 80 valence electrons. The Morgan fingerprint density at radius 2 is 2.20 bits per heavy atom. The van der Waals surface area contributed by atoms with Crippen LogP contribution in [0.15, 0.2) is 18.3 Å². The molecule has 0 aliphatic heterocycles. The first-order valence-corrected chi connectivity index (χ1v) is 4.86. The predicted molar refractivity (Wildman–Crippen MR) is 60.0 cm³/mol. The normalized spacial score (nSPS) is 11.2. The predicted octanol–water partition coefficient (Wildman–Crippen LogP) is 1.63. The van der Waals surface area contributed by atoms with Crippen molar-refractivity contribution >= 4 is 11.0 Å². The van der Waals surface area contributed by atoms with E-state index in [0.717, 1.165) is 17.6 Å². The van der Waals surface area contributed by atoms with Gasteiger partial charge in [-0.3, -0.25) is 0 Å². The van der Waals surface area contributed by atoms with Crippen LogP contribution in [0.2, 0.25) is 0 Å². The number of aromatic amines is 1. The van der Waals surface area contributed by atoms with Crippen LogP contribution in [0.4, 0.5) is 0 Å². The minimum Gasteiger partial charge on any atom is -0.481 e. The summed E-state index contributed by atoms with van der Waals surface area (Å²) in [5.41, 5.74) is 3.23. The topological polar surface area (TPSA) is 41.1 Å². The molecule has 0 atom stereocenters. The van der Waals surface area contributed by atoms with E-state index < -0.39 is 0 Å². The molecule has 4 heteroatoms. The largest absolute Gasteiger partial charge is 0.481 e. The lowest BCUT2D eigenvalue weighted by molar-refractivity contribution is 0.397. The maximum Gasteiger partial charge on any atom is 0.213 e. The van der Waals surface area contributed by atoms with Crippen LogP contribution in [-0.2, 0) is 6.54 Å². The van der Waals surface area contributed by atoms with Gasteiger partial charge in [-0.1, -0.05) is 0 Å². The molecular formula is C11H15N3O. The molecule has 2 heterocycles. The summed E-state index contributed by atoms with van der Waals surface area (Å²) in [6.45, 7) is 0.875. The Hall–Kier alpha value is -1.55. The zero-order chi connectivity index (χ0) is 10.8. The molecule has 0 aromatic carbocycles. The van der Waals surface area contributed by atoms with Crippen molar-refractivity contribution in [2.75, 3.05) is 21.2 Å². The van der Waals surface area contributed by atoms with Crippen LogP contribution in [-0.4, -0.2) is 36.1 Å². The number of fused-ring (bicyclic) bond motifs is 1. The van der Waals surface area contributed by atoms with Crippen molar-refractivity contribution in [1.82, 2.24) is 14.9 Å². The monoisotopic (exact) mass is 205 g/mol. The van der Waals surface area contributed by atoms with Gasteiger partial charge in [0.15, 0.2) is 0 Å². The third kappa shape index (κ3) is 1.94. The van der Waals surface area contributed by atoms with Crippen LogP contribution in [0.3, 0.4) is 0 Å². The molecule has 15 heavy (non-hydrogen) atoms. The van der Waals surface area contributed by atoms with Gasteiger partial charge in [-0.25, -0.2) is 4.98 Å². The van der Waals surface area contributed by atoms with Gasteiger partial charge in [0, 0.05) is 24.4 Å². The number of aromatic nitrogens is 2. The molecule has 2 rings (SSSR count). The van der Waals surface area contributed by atoms with Crippen molar-refractivity contribution in [1.29, 1.82) is 0 Å². The Morgan fingerprint density at radius 1 is 1.40 bits per heavy atom. The van der Waals surface area contributed by atoms with Gasteiger partial charge in [0.1, 0.15) is 0 Å².